The number of hydrogen-bond donors (Lipinski definition) is 2. The molecule has 1 aliphatic rings. The standard InChI is InChI=1S/C16H33N3O/c1-4-14(5-2)18-15(20)12-19(6-3)16(13-17)10-8-7-9-11-16/h14H,4-13,17H2,1-3H3,(H,18,20). The van der Waals surface area contributed by atoms with Crippen LogP contribution >= 0.6 is 0 Å². The second kappa shape index (κ2) is 8.63. The van der Waals surface area contributed by atoms with E-state index < -0.39 is 0 Å². The lowest BCUT2D eigenvalue weighted by atomic mass is 9.80. The van der Waals surface area contributed by atoms with Crippen LogP contribution in [0.2, 0.25) is 0 Å². The summed E-state index contributed by atoms with van der Waals surface area (Å²) in [7, 11) is 0. The molecule has 0 atom stereocenters. The number of carbonyl (C=O) groups is 1. The predicted octanol–water partition coefficient (Wildman–Crippen LogP) is 2.27. The van der Waals surface area contributed by atoms with Crippen LogP contribution in [-0.2, 0) is 4.79 Å². The monoisotopic (exact) mass is 283 g/mol. The van der Waals surface area contributed by atoms with Crippen LogP contribution in [0.3, 0.4) is 0 Å². The Balaban J connectivity index is 2.62. The summed E-state index contributed by atoms with van der Waals surface area (Å²) < 4.78 is 0. The van der Waals surface area contributed by atoms with E-state index in [9.17, 15) is 4.79 Å². The van der Waals surface area contributed by atoms with Crippen molar-refractivity contribution in [1.29, 1.82) is 0 Å². The third-order valence-corrected chi connectivity index (χ3v) is 4.90. The molecule has 0 heterocycles. The molecule has 0 bridgehead atoms. The Morgan fingerprint density at radius 2 is 1.80 bits per heavy atom. The lowest BCUT2D eigenvalue weighted by Gasteiger charge is -2.45. The lowest BCUT2D eigenvalue weighted by molar-refractivity contribution is -0.125. The number of amides is 1. The molecule has 0 saturated heterocycles. The van der Waals surface area contributed by atoms with Gasteiger partial charge in [0.2, 0.25) is 5.91 Å². The maximum atomic E-state index is 12.2. The molecule has 1 fully saturated rings. The quantitative estimate of drug-likeness (QED) is 0.718. The van der Waals surface area contributed by atoms with Crippen molar-refractivity contribution in [1.82, 2.24) is 10.2 Å². The molecule has 20 heavy (non-hydrogen) atoms. The van der Waals surface area contributed by atoms with Gasteiger partial charge in [-0.1, -0.05) is 40.0 Å². The first-order chi connectivity index (χ1) is 9.61. The van der Waals surface area contributed by atoms with Crippen molar-refractivity contribution in [2.45, 2.75) is 77.3 Å². The maximum absolute atomic E-state index is 12.2. The van der Waals surface area contributed by atoms with E-state index in [1.165, 1.54) is 19.3 Å². The summed E-state index contributed by atoms with van der Waals surface area (Å²) in [4.78, 5) is 14.6. The zero-order valence-corrected chi connectivity index (χ0v) is 13.6. The van der Waals surface area contributed by atoms with E-state index in [0.717, 1.165) is 32.2 Å². The molecule has 0 aromatic heterocycles. The Morgan fingerprint density at radius 1 is 1.20 bits per heavy atom. The van der Waals surface area contributed by atoms with Gasteiger partial charge in [0.1, 0.15) is 0 Å². The molecule has 4 heteroatoms. The van der Waals surface area contributed by atoms with Crippen LogP contribution in [0.5, 0.6) is 0 Å². The second-order valence-electron chi connectivity index (χ2n) is 6.08. The van der Waals surface area contributed by atoms with Crippen LogP contribution in [0.1, 0.15) is 65.7 Å². The molecular weight excluding hydrogens is 250 g/mol. The molecule has 3 N–H and O–H groups in total. The van der Waals surface area contributed by atoms with E-state index in [0.29, 0.717) is 19.1 Å². The second-order valence-corrected chi connectivity index (χ2v) is 6.08. The average Bonchev–Trinajstić information content (AvgIpc) is 2.50. The number of carbonyl (C=O) groups excluding carboxylic acids is 1. The van der Waals surface area contributed by atoms with E-state index in [1.807, 2.05) is 0 Å². The molecular formula is C16H33N3O. The molecule has 4 nitrogen and oxygen atoms in total. The summed E-state index contributed by atoms with van der Waals surface area (Å²) >= 11 is 0. The van der Waals surface area contributed by atoms with Gasteiger partial charge in [-0.3, -0.25) is 9.69 Å². The maximum Gasteiger partial charge on any atom is 0.234 e. The predicted molar refractivity (Wildman–Crippen MR) is 84.6 cm³/mol. The van der Waals surface area contributed by atoms with Gasteiger partial charge in [0.25, 0.3) is 0 Å². The normalized spacial score (nSPS) is 18.5. The van der Waals surface area contributed by atoms with Crippen molar-refractivity contribution < 1.29 is 4.79 Å². The highest BCUT2D eigenvalue weighted by atomic mass is 16.2. The van der Waals surface area contributed by atoms with E-state index in [1.54, 1.807) is 0 Å². The van der Waals surface area contributed by atoms with Gasteiger partial charge in [0.05, 0.1) is 6.54 Å². The van der Waals surface area contributed by atoms with Crippen LogP contribution in [0.4, 0.5) is 0 Å². The zero-order chi connectivity index (χ0) is 15.0. The molecule has 0 spiro atoms. The number of nitrogens with one attached hydrogen (secondary N) is 1. The van der Waals surface area contributed by atoms with Gasteiger partial charge in [-0.25, -0.2) is 0 Å². The van der Waals surface area contributed by atoms with Gasteiger partial charge < -0.3 is 11.1 Å². The fourth-order valence-electron chi connectivity index (χ4n) is 3.41. The lowest BCUT2D eigenvalue weighted by Crippen LogP contribution is -2.57. The fourth-order valence-corrected chi connectivity index (χ4v) is 3.41. The van der Waals surface area contributed by atoms with Crippen molar-refractivity contribution in [3.05, 3.63) is 0 Å². The topological polar surface area (TPSA) is 58.4 Å². The summed E-state index contributed by atoms with van der Waals surface area (Å²) in [5.74, 6) is 0.152. The minimum atomic E-state index is 0.0538. The number of rotatable bonds is 8. The molecule has 1 aliphatic carbocycles. The Labute approximate surface area is 124 Å². The Kier molecular flexibility index (Phi) is 7.52. The number of nitrogens with two attached hydrogens (primary N) is 1. The van der Waals surface area contributed by atoms with Crippen molar-refractivity contribution in [3.63, 3.8) is 0 Å². The van der Waals surface area contributed by atoms with Crippen LogP contribution in [0.15, 0.2) is 0 Å². The Morgan fingerprint density at radius 3 is 2.25 bits per heavy atom. The summed E-state index contributed by atoms with van der Waals surface area (Å²) in [6, 6.07) is 0.307. The summed E-state index contributed by atoms with van der Waals surface area (Å²) in [6.07, 6.45) is 8.04. The molecule has 1 amide bonds. The molecule has 0 aromatic carbocycles. The summed E-state index contributed by atoms with van der Waals surface area (Å²) in [5, 5.41) is 3.14. The molecule has 0 aliphatic heterocycles. The third kappa shape index (κ3) is 4.45. The Hall–Kier alpha value is -0.610. The van der Waals surface area contributed by atoms with E-state index in [-0.39, 0.29) is 11.4 Å². The van der Waals surface area contributed by atoms with Gasteiger partial charge in [-0.05, 0) is 32.2 Å². The molecule has 0 unspecified atom stereocenters. The van der Waals surface area contributed by atoms with Crippen molar-refractivity contribution >= 4 is 5.91 Å². The zero-order valence-electron chi connectivity index (χ0n) is 13.6. The first-order valence-electron chi connectivity index (χ1n) is 8.36. The molecule has 0 aromatic rings. The van der Waals surface area contributed by atoms with Crippen LogP contribution in [-0.4, -0.2) is 42.0 Å². The highest BCUT2D eigenvalue weighted by Crippen LogP contribution is 2.32. The van der Waals surface area contributed by atoms with Crippen molar-refractivity contribution in [3.8, 4) is 0 Å². The van der Waals surface area contributed by atoms with Crippen LogP contribution in [0, 0.1) is 0 Å². The highest BCUT2D eigenvalue weighted by Gasteiger charge is 2.36. The number of likely N-dealkylation sites (N-methyl/N-ethyl adjacent to an activating group) is 1. The first kappa shape index (κ1) is 17.4. The van der Waals surface area contributed by atoms with Crippen molar-refractivity contribution in [2.75, 3.05) is 19.6 Å². The van der Waals surface area contributed by atoms with Gasteiger partial charge in [0, 0.05) is 18.1 Å². The minimum absolute atomic E-state index is 0.0538. The fraction of sp³-hybridized carbons (Fsp3) is 0.938. The van der Waals surface area contributed by atoms with Gasteiger partial charge >= 0.3 is 0 Å². The first-order valence-corrected chi connectivity index (χ1v) is 8.36. The van der Waals surface area contributed by atoms with Gasteiger partial charge in [-0.2, -0.15) is 0 Å². The third-order valence-electron chi connectivity index (χ3n) is 4.90. The summed E-state index contributed by atoms with van der Waals surface area (Å²) in [5.41, 5.74) is 6.12. The molecule has 1 rings (SSSR count). The minimum Gasteiger partial charge on any atom is -0.352 e. The molecule has 0 radical (unpaired) electrons. The number of nitrogens with zero attached hydrogens (tertiary/aromatic N) is 1. The highest BCUT2D eigenvalue weighted by molar-refractivity contribution is 5.78. The van der Waals surface area contributed by atoms with E-state index in [2.05, 4.69) is 31.0 Å². The smallest absolute Gasteiger partial charge is 0.234 e. The van der Waals surface area contributed by atoms with Gasteiger partial charge in [0.15, 0.2) is 0 Å². The summed E-state index contributed by atoms with van der Waals surface area (Å²) in [6.45, 7) is 8.43. The van der Waals surface area contributed by atoms with E-state index in [4.69, 9.17) is 5.73 Å². The van der Waals surface area contributed by atoms with Crippen LogP contribution < -0.4 is 11.1 Å². The van der Waals surface area contributed by atoms with Crippen molar-refractivity contribution in [2.24, 2.45) is 5.73 Å². The largest absolute Gasteiger partial charge is 0.352 e. The van der Waals surface area contributed by atoms with Crippen LogP contribution in [0.25, 0.3) is 0 Å². The number of hydrogen-bond acceptors (Lipinski definition) is 3. The van der Waals surface area contributed by atoms with Gasteiger partial charge in [-0.15, -0.1) is 0 Å². The molecule has 1 saturated carbocycles. The average molecular weight is 283 g/mol. The molecule has 118 valence electrons. The Bertz CT molecular complexity index is 283. The SMILES string of the molecule is CCC(CC)NC(=O)CN(CC)C1(CN)CCCCC1. The van der Waals surface area contributed by atoms with E-state index >= 15 is 0 Å².